The Morgan fingerprint density at radius 2 is 1.82 bits per heavy atom. The van der Waals surface area contributed by atoms with E-state index in [2.05, 4.69) is 29.1 Å². The van der Waals surface area contributed by atoms with Crippen molar-refractivity contribution < 1.29 is 14.3 Å². The van der Waals surface area contributed by atoms with E-state index in [0.717, 1.165) is 0 Å². The molecule has 0 aliphatic heterocycles. The molecule has 0 saturated carbocycles. The van der Waals surface area contributed by atoms with E-state index in [9.17, 15) is 9.59 Å². The predicted octanol–water partition coefficient (Wildman–Crippen LogP) is 1.68. The molecule has 1 aromatic rings. The van der Waals surface area contributed by atoms with Crippen LogP contribution in [-0.4, -0.2) is 25.0 Å². The smallest absolute Gasteiger partial charge is 0.325 e. The number of nitrogens with one attached hydrogen (secondary N) is 1. The Labute approximate surface area is 102 Å². The lowest BCUT2D eigenvalue weighted by molar-refractivity contribution is -0.143. The van der Waals surface area contributed by atoms with Crippen LogP contribution in [0.15, 0.2) is 30.3 Å². The number of carbonyl (C=O) groups excluding carboxylic acids is 2. The second-order valence-corrected chi connectivity index (χ2v) is 3.37. The molecule has 4 heteroatoms. The highest BCUT2D eigenvalue weighted by molar-refractivity contribution is 5.80. The third-order valence-corrected chi connectivity index (χ3v) is 1.73. The molecule has 17 heavy (non-hydrogen) atoms. The number of hydrogen-bond donors (Lipinski definition) is 1. The quantitative estimate of drug-likeness (QED) is 0.814. The van der Waals surface area contributed by atoms with Crippen molar-refractivity contribution in [2.24, 2.45) is 0 Å². The molecule has 1 rings (SSSR count). The summed E-state index contributed by atoms with van der Waals surface area (Å²) in [6.07, 6.45) is 0. The number of hydrogen-bond acceptors (Lipinski definition) is 3. The number of aryl methyl sites for hydroxylation is 1. The minimum atomic E-state index is -0.405. The zero-order valence-corrected chi connectivity index (χ0v) is 10.5. The molecule has 4 nitrogen and oxygen atoms in total. The van der Waals surface area contributed by atoms with Crippen molar-refractivity contribution in [3.8, 4) is 0 Å². The van der Waals surface area contributed by atoms with Crippen molar-refractivity contribution in [3.05, 3.63) is 35.9 Å². The Morgan fingerprint density at radius 1 is 1.24 bits per heavy atom. The van der Waals surface area contributed by atoms with Crippen LogP contribution in [0.3, 0.4) is 0 Å². The third-order valence-electron chi connectivity index (χ3n) is 1.73. The summed E-state index contributed by atoms with van der Waals surface area (Å²) in [5, 5.41) is 2.32. The number of rotatable bonds is 3. The fraction of sp³-hybridized carbons (Fsp3) is 0.385. The molecule has 0 spiro atoms. The van der Waals surface area contributed by atoms with Crippen LogP contribution in [0.4, 0.5) is 0 Å². The lowest BCUT2D eigenvalue weighted by atomic mass is 10.2. The molecular weight excluding hydrogens is 218 g/mol. The van der Waals surface area contributed by atoms with E-state index in [4.69, 9.17) is 0 Å². The number of carbonyl (C=O) groups is 2. The predicted molar refractivity (Wildman–Crippen MR) is 66.5 cm³/mol. The van der Waals surface area contributed by atoms with Gasteiger partial charge in [-0.1, -0.05) is 35.9 Å². The number of benzene rings is 1. The van der Waals surface area contributed by atoms with Crippen LogP contribution in [0, 0.1) is 6.92 Å². The zero-order chi connectivity index (χ0) is 13.1. The molecule has 0 unspecified atom stereocenters. The van der Waals surface area contributed by atoms with Crippen molar-refractivity contribution in [2.75, 3.05) is 13.2 Å². The SMILES string of the molecule is CCOC(=O)CNC(C)=O.Cc1ccccc1. The summed E-state index contributed by atoms with van der Waals surface area (Å²) in [4.78, 5) is 20.7. The average molecular weight is 237 g/mol. The summed E-state index contributed by atoms with van der Waals surface area (Å²) in [7, 11) is 0. The monoisotopic (exact) mass is 237 g/mol. The van der Waals surface area contributed by atoms with Crippen LogP contribution >= 0.6 is 0 Å². The second kappa shape index (κ2) is 9.39. The van der Waals surface area contributed by atoms with E-state index in [1.165, 1.54) is 12.5 Å². The van der Waals surface area contributed by atoms with Crippen molar-refractivity contribution in [1.29, 1.82) is 0 Å². The zero-order valence-electron chi connectivity index (χ0n) is 10.5. The van der Waals surface area contributed by atoms with Crippen LogP contribution in [0.2, 0.25) is 0 Å². The Bertz CT molecular complexity index is 336. The second-order valence-electron chi connectivity index (χ2n) is 3.37. The van der Waals surface area contributed by atoms with Crippen LogP contribution < -0.4 is 5.32 Å². The van der Waals surface area contributed by atoms with Gasteiger partial charge in [-0.15, -0.1) is 0 Å². The first kappa shape index (κ1) is 15.2. The maximum absolute atomic E-state index is 10.5. The maximum Gasteiger partial charge on any atom is 0.325 e. The summed E-state index contributed by atoms with van der Waals surface area (Å²) in [5.74, 6) is -0.634. The molecule has 0 bridgehead atoms. The van der Waals surface area contributed by atoms with E-state index < -0.39 is 5.97 Å². The van der Waals surface area contributed by atoms with Crippen molar-refractivity contribution >= 4 is 11.9 Å². The van der Waals surface area contributed by atoms with Gasteiger partial charge in [-0.25, -0.2) is 0 Å². The van der Waals surface area contributed by atoms with Crippen molar-refractivity contribution in [1.82, 2.24) is 5.32 Å². The fourth-order valence-corrected chi connectivity index (χ4v) is 0.943. The fourth-order valence-electron chi connectivity index (χ4n) is 0.943. The minimum Gasteiger partial charge on any atom is -0.465 e. The topological polar surface area (TPSA) is 55.4 Å². The Kier molecular flexibility index (Phi) is 8.37. The van der Waals surface area contributed by atoms with Crippen molar-refractivity contribution in [2.45, 2.75) is 20.8 Å². The lowest BCUT2D eigenvalue weighted by Crippen LogP contribution is -2.28. The van der Waals surface area contributed by atoms with Crippen LogP contribution in [0.5, 0.6) is 0 Å². The van der Waals surface area contributed by atoms with Crippen LogP contribution in [0.25, 0.3) is 0 Å². The van der Waals surface area contributed by atoms with Gasteiger partial charge in [0.25, 0.3) is 0 Å². The maximum atomic E-state index is 10.5. The highest BCUT2D eigenvalue weighted by Crippen LogP contribution is 1.92. The molecule has 94 valence electrons. The van der Waals surface area contributed by atoms with Gasteiger partial charge < -0.3 is 10.1 Å². The summed E-state index contributed by atoms with van der Waals surface area (Å²) < 4.78 is 4.54. The number of esters is 1. The van der Waals surface area contributed by atoms with E-state index in [0.29, 0.717) is 6.61 Å². The van der Waals surface area contributed by atoms with Gasteiger partial charge in [-0.05, 0) is 13.8 Å². The highest BCUT2D eigenvalue weighted by atomic mass is 16.5. The van der Waals surface area contributed by atoms with E-state index in [1.54, 1.807) is 6.92 Å². The van der Waals surface area contributed by atoms with Gasteiger partial charge >= 0.3 is 5.97 Å². The summed E-state index contributed by atoms with van der Waals surface area (Å²) in [6.45, 7) is 5.45. The lowest BCUT2D eigenvalue weighted by Gasteiger charge is -2.00. The molecule has 0 fully saturated rings. The van der Waals surface area contributed by atoms with Gasteiger partial charge in [0.05, 0.1) is 6.61 Å². The number of ether oxygens (including phenoxy) is 1. The van der Waals surface area contributed by atoms with Gasteiger partial charge in [0.15, 0.2) is 0 Å². The Balaban J connectivity index is 0.000000318. The van der Waals surface area contributed by atoms with Crippen molar-refractivity contribution in [3.63, 3.8) is 0 Å². The van der Waals surface area contributed by atoms with Gasteiger partial charge in [0.1, 0.15) is 6.54 Å². The standard InChI is InChI=1S/C7H8.C6H11NO3/c1-7-5-3-2-4-6-7;1-3-10-6(9)4-7-5(2)8/h2-6H,1H3;3-4H2,1-2H3,(H,7,8). The number of amides is 1. The van der Waals surface area contributed by atoms with Crippen LogP contribution in [0.1, 0.15) is 19.4 Å². The molecule has 0 aliphatic carbocycles. The highest BCUT2D eigenvalue weighted by Gasteiger charge is 2.00. The average Bonchev–Trinajstić information content (AvgIpc) is 2.29. The van der Waals surface area contributed by atoms with E-state index in [1.807, 2.05) is 18.2 Å². The summed E-state index contributed by atoms with van der Waals surface area (Å²) in [6, 6.07) is 10.3. The molecule has 0 radical (unpaired) electrons. The normalized spacial score (nSPS) is 8.65. The third kappa shape index (κ3) is 10.4. The minimum absolute atomic E-state index is 0.0385. The molecule has 0 atom stereocenters. The molecule has 1 aromatic carbocycles. The molecule has 0 aliphatic rings. The van der Waals surface area contributed by atoms with Crippen LogP contribution in [-0.2, 0) is 14.3 Å². The Morgan fingerprint density at radius 3 is 2.18 bits per heavy atom. The van der Waals surface area contributed by atoms with Gasteiger partial charge in [-0.3, -0.25) is 9.59 Å². The first-order valence-corrected chi connectivity index (χ1v) is 5.48. The summed E-state index contributed by atoms with van der Waals surface area (Å²) >= 11 is 0. The van der Waals surface area contributed by atoms with E-state index >= 15 is 0 Å². The van der Waals surface area contributed by atoms with Gasteiger partial charge in [-0.2, -0.15) is 0 Å². The summed E-state index contributed by atoms with van der Waals surface area (Å²) in [5.41, 5.74) is 1.32. The largest absolute Gasteiger partial charge is 0.465 e. The molecule has 1 N–H and O–H groups in total. The molecule has 1 amide bonds. The van der Waals surface area contributed by atoms with Gasteiger partial charge in [0, 0.05) is 6.92 Å². The molecular formula is C13H19NO3. The van der Waals surface area contributed by atoms with Gasteiger partial charge in [0.2, 0.25) is 5.91 Å². The molecule has 0 saturated heterocycles. The molecule has 0 aromatic heterocycles. The Hall–Kier alpha value is -1.84. The first-order valence-electron chi connectivity index (χ1n) is 5.48. The van der Waals surface area contributed by atoms with E-state index in [-0.39, 0.29) is 12.5 Å². The first-order chi connectivity index (χ1) is 8.06. The molecule has 0 heterocycles.